The molecule has 0 amide bonds. The van der Waals surface area contributed by atoms with Crippen LogP contribution in [0.2, 0.25) is 0 Å². The summed E-state index contributed by atoms with van der Waals surface area (Å²) >= 11 is 0. The van der Waals surface area contributed by atoms with Crippen molar-refractivity contribution >= 4 is 52.1 Å². The van der Waals surface area contributed by atoms with Gasteiger partial charge < -0.3 is 9.97 Å². The molecule has 0 radical (unpaired) electrons. The average Bonchev–Trinajstić information content (AvgIpc) is 3.60. The summed E-state index contributed by atoms with van der Waals surface area (Å²) in [7, 11) is 0. The lowest BCUT2D eigenvalue weighted by Gasteiger charge is -2.04. The Morgan fingerprint density at radius 1 is 0.667 bits per heavy atom. The molecule has 7 nitrogen and oxygen atoms in total. The lowest BCUT2D eigenvalue weighted by Crippen LogP contribution is -1.92. The van der Waals surface area contributed by atoms with Crippen molar-refractivity contribution in [1.82, 2.24) is 19.9 Å². The van der Waals surface area contributed by atoms with Gasteiger partial charge in [-0.3, -0.25) is 10.1 Å². The Balaban J connectivity index is 1.70. The molecule has 33 heavy (non-hydrogen) atoms. The van der Waals surface area contributed by atoms with Crippen molar-refractivity contribution in [3.63, 3.8) is 0 Å². The van der Waals surface area contributed by atoms with Crippen molar-refractivity contribution < 1.29 is 4.92 Å². The number of fused-ring (bicyclic) bond motifs is 8. The topological polar surface area (TPSA) is 100 Å². The Bertz CT molecular complexity index is 1560. The number of rotatable bonds is 2. The van der Waals surface area contributed by atoms with Gasteiger partial charge in [0, 0.05) is 39.8 Å². The second-order valence-corrected chi connectivity index (χ2v) is 7.86. The van der Waals surface area contributed by atoms with Crippen LogP contribution in [0.3, 0.4) is 0 Å². The molecule has 0 atom stereocenters. The summed E-state index contributed by atoms with van der Waals surface area (Å²) in [6.07, 6.45) is 7.70. The average molecular weight is 431 g/mol. The Morgan fingerprint density at radius 3 is 1.76 bits per heavy atom. The van der Waals surface area contributed by atoms with E-state index in [1.165, 1.54) is 6.07 Å². The van der Waals surface area contributed by atoms with E-state index in [9.17, 15) is 10.1 Å². The van der Waals surface area contributed by atoms with Gasteiger partial charge in [0.1, 0.15) is 0 Å². The molecule has 3 aromatic heterocycles. The number of nitro benzene ring substituents is 1. The van der Waals surface area contributed by atoms with Crippen LogP contribution in [0.1, 0.15) is 22.8 Å². The van der Waals surface area contributed by atoms with Gasteiger partial charge in [-0.1, -0.05) is 12.1 Å². The fourth-order valence-electron chi connectivity index (χ4n) is 4.08. The highest BCUT2D eigenvalue weighted by Crippen LogP contribution is 2.32. The monoisotopic (exact) mass is 431 g/mol. The number of nitrogens with zero attached hydrogens (tertiary/aromatic N) is 3. The van der Waals surface area contributed by atoms with Crippen LogP contribution in [0.15, 0.2) is 66.7 Å². The van der Waals surface area contributed by atoms with Crippen LogP contribution in [0.5, 0.6) is 0 Å². The van der Waals surface area contributed by atoms with Gasteiger partial charge in [-0.2, -0.15) is 0 Å². The predicted octanol–water partition coefficient (Wildman–Crippen LogP) is 6.23. The van der Waals surface area contributed by atoms with E-state index >= 15 is 0 Å². The molecule has 7 heteroatoms. The number of H-pyrrole nitrogens is 2. The van der Waals surface area contributed by atoms with Gasteiger partial charge in [0.25, 0.3) is 5.69 Å². The Morgan fingerprint density at radius 2 is 1.21 bits per heavy atom. The second kappa shape index (κ2) is 7.42. The zero-order valence-electron chi connectivity index (χ0n) is 17.3. The maximum Gasteiger partial charge on any atom is 0.270 e. The molecule has 0 saturated heterocycles. The van der Waals surface area contributed by atoms with Gasteiger partial charge in [0.05, 0.1) is 27.7 Å². The van der Waals surface area contributed by atoms with E-state index in [-0.39, 0.29) is 5.69 Å². The van der Waals surface area contributed by atoms with Gasteiger partial charge >= 0.3 is 0 Å². The van der Waals surface area contributed by atoms with E-state index in [1.54, 1.807) is 12.1 Å². The van der Waals surface area contributed by atoms with Crippen LogP contribution >= 0.6 is 0 Å². The number of nitro groups is 1. The Labute approximate surface area is 188 Å². The third-order valence-corrected chi connectivity index (χ3v) is 5.56. The summed E-state index contributed by atoms with van der Waals surface area (Å²) in [4.78, 5) is 27.4. The molecule has 8 bridgehead atoms. The van der Waals surface area contributed by atoms with Crippen molar-refractivity contribution in [1.29, 1.82) is 0 Å². The number of non-ortho nitro benzene ring substituents is 1. The van der Waals surface area contributed by atoms with Gasteiger partial charge in [0.2, 0.25) is 0 Å². The van der Waals surface area contributed by atoms with Gasteiger partial charge in [0.15, 0.2) is 0 Å². The van der Waals surface area contributed by atoms with Crippen LogP contribution in [-0.4, -0.2) is 24.9 Å². The first-order chi connectivity index (χ1) is 16.1. The van der Waals surface area contributed by atoms with E-state index in [0.717, 1.165) is 39.0 Å². The Kier molecular flexibility index (Phi) is 4.26. The molecule has 0 aliphatic carbocycles. The third kappa shape index (κ3) is 3.61. The second-order valence-electron chi connectivity index (χ2n) is 7.86. The molecule has 5 heterocycles. The smallest absolute Gasteiger partial charge is 0.270 e. The standard InChI is InChI=1S/C26H17N5O2/c32-31(33)23-3-1-2-16(12-23)26-24-10-8-21(29-24)14-19-6-4-17(27-19)13-18-5-7-20(28-18)15-22-9-11-25(26)30-22/h1-15,27-28H. The molecule has 4 aromatic rings. The fraction of sp³-hybridized carbons (Fsp3) is 0. The molecule has 1 aromatic carbocycles. The highest BCUT2D eigenvalue weighted by molar-refractivity contribution is 5.89. The highest BCUT2D eigenvalue weighted by Gasteiger charge is 2.16. The zero-order valence-corrected chi connectivity index (χ0v) is 17.3. The minimum Gasteiger partial charge on any atom is -0.355 e. The summed E-state index contributed by atoms with van der Waals surface area (Å²) in [6.45, 7) is 0. The molecular formula is C26H17N5O2. The lowest BCUT2D eigenvalue weighted by molar-refractivity contribution is -0.384. The van der Waals surface area contributed by atoms with Gasteiger partial charge in [-0.05, 0) is 72.3 Å². The molecule has 0 fully saturated rings. The van der Waals surface area contributed by atoms with E-state index in [1.807, 2.05) is 72.8 Å². The van der Waals surface area contributed by atoms with Gasteiger partial charge in [-0.25, -0.2) is 9.97 Å². The van der Waals surface area contributed by atoms with E-state index in [4.69, 9.17) is 9.97 Å². The number of aromatic amines is 2. The van der Waals surface area contributed by atoms with Crippen molar-refractivity contribution in [2.45, 2.75) is 0 Å². The van der Waals surface area contributed by atoms with Crippen molar-refractivity contribution in [2.75, 3.05) is 0 Å². The first-order valence-corrected chi connectivity index (χ1v) is 10.4. The normalized spacial score (nSPS) is 12.2. The summed E-state index contributed by atoms with van der Waals surface area (Å²) in [5.74, 6) is 0. The third-order valence-electron chi connectivity index (χ3n) is 5.56. The minimum atomic E-state index is -0.391. The molecular weight excluding hydrogens is 414 g/mol. The first-order valence-electron chi connectivity index (χ1n) is 10.4. The molecule has 0 saturated carbocycles. The number of hydrogen-bond donors (Lipinski definition) is 2. The molecule has 0 unspecified atom stereocenters. The van der Waals surface area contributed by atoms with Crippen LogP contribution in [-0.2, 0) is 0 Å². The largest absolute Gasteiger partial charge is 0.355 e. The van der Waals surface area contributed by atoms with Crippen LogP contribution in [0.4, 0.5) is 5.69 Å². The van der Waals surface area contributed by atoms with E-state index in [0.29, 0.717) is 17.0 Å². The summed E-state index contributed by atoms with van der Waals surface area (Å²) < 4.78 is 0. The minimum absolute atomic E-state index is 0.0258. The highest BCUT2D eigenvalue weighted by atomic mass is 16.6. The molecule has 158 valence electrons. The summed E-state index contributed by atoms with van der Waals surface area (Å²) in [5.41, 5.74) is 8.27. The summed E-state index contributed by atoms with van der Waals surface area (Å²) in [6, 6.07) is 20.6. The van der Waals surface area contributed by atoms with Crippen molar-refractivity contribution in [3.05, 3.63) is 99.6 Å². The van der Waals surface area contributed by atoms with E-state index < -0.39 is 4.92 Å². The molecule has 2 aliphatic heterocycles. The summed E-state index contributed by atoms with van der Waals surface area (Å²) in [5, 5.41) is 11.4. The fourth-order valence-corrected chi connectivity index (χ4v) is 4.08. The molecule has 2 aliphatic rings. The van der Waals surface area contributed by atoms with E-state index in [2.05, 4.69) is 9.97 Å². The molecule has 2 N–H and O–H groups in total. The van der Waals surface area contributed by atoms with Crippen LogP contribution in [0, 0.1) is 10.1 Å². The molecule has 0 spiro atoms. The maximum atomic E-state index is 11.4. The number of nitrogens with one attached hydrogen (secondary N) is 2. The number of aromatic nitrogens is 4. The van der Waals surface area contributed by atoms with Gasteiger partial charge in [-0.15, -0.1) is 0 Å². The quantitative estimate of drug-likeness (QED) is 0.251. The zero-order chi connectivity index (χ0) is 22.4. The van der Waals surface area contributed by atoms with Crippen molar-refractivity contribution in [2.24, 2.45) is 0 Å². The maximum absolute atomic E-state index is 11.4. The first kappa shape index (κ1) is 18.9. The van der Waals surface area contributed by atoms with Crippen LogP contribution < -0.4 is 0 Å². The van der Waals surface area contributed by atoms with Crippen molar-refractivity contribution in [3.8, 4) is 11.1 Å². The van der Waals surface area contributed by atoms with Crippen LogP contribution in [0.25, 0.3) is 57.5 Å². The Hall–Kier alpha value is -4.78. The predicted molar refractivity (Wildman–Crippen MR) is 131 cm³/mol. The molecule has 6 rings (SSSR count). The number of hydrogen-bond acceptors (Lipinski definition) is 4. The SMILES string of the molecule is O=[N+]([O-])c1cccc(-c2c3nc(cc4ccc(cc5ccc(cc6nc2C=C6)[nH]5)[nH]4)C=C3)c1. The lowest BCUT2D eigenvalue weighted by atomic mass is 10.0. The number of benzene rings is 1.